The second-order valence-corrected chi connectivity index (χ2v) is 4.94. The van der Waals surface area contributed by atoms with Gasteiger partial charge in [-0.3, -0.25) is 4.79 Å². The van der Waals surface area contributed by atoms with Crippen LogP contribution in [0.15, 0.2) is 35.1 Å². The molecule has 1 heterocycles. The first-order valence-corrected chi connectivity index (χ1v) is 6.93. The van der Waals surface area contributed by atoms with Gasteiger partial charge in [-0.25, -0.2) is 4.79 Å². The predicted molar refractivity (Wildman–Crippen MR) is 81.5 cm³/mol. The fourth-order valence-electron chi connectivity index (χ4n) is 2.06. The van der Waals surface area contributed by atoms with Gasteiger partial charge in [0, 0.05) is 11.8 Å². The Balaban J connectivity index is 2.12. The standard InChI is InChI=1S/C17H16N2O3/c1-3-15-7-14(8-16(20)19-15)17(21)22-10-13-5-4-12(9-18)6-11(13)2/h4-8H,3,10H2,1-2H3,(H,19,20). The highest BCUT2D eigenvalue weighted by Gasteiger charge is 2.10. The zero-order valence-electron chi connectivity index (χ0n) is 12.5. The molecule has 5 heteroatoms. The van der Waals surface area contributed by atoms with Crippen LogP contribution in [0, 0.1) is 18.3 Å². The summed E-state index contributed by atoms with van der Waals surface area (Å²) in [6.45, 7) is 3.84. The molecule has 0 aliphatic carbocycles. The van der Waals surface area contributed by atoms with E-state index >= 15 is 0 Å². The van der Waals surface area contributed by atoms with Crippen molar-refractivity contribution < 1.29 is 9.53 Å². The van der Waals surface area contributed by atoms with Gasteiger partial charge in [-0.05, 0) is 42.7 Å². The molecule has 0 bridgehead atoms. The number of carbonyl (C=O) groups excluding carboxylic acids is 1. The summed E-state index contributed by atoms with van der Waals surface area (Å²) in [7, 11) is 0. The molecule has 2 aromatic rings. The Morgan fingerprint density at radius 3 is 2.73 bits per heavy atom. The van der Waals surface area contributed by atoms with Gasteiger partial charge in [0.05, 0.1) is 17.2 Å². The van der Waals surface area contributed by atoms with Gasteiger partial charge in [-0.2, -0.15) is 5.26 Å². The van der Waals surface area contributed by atoms with Gasteiger partial charge in [0.2, 0.25) is 5.56 Å². The lowest BCUT2D eigenvalue weighted by Crippen LogP contribution is -2.14. The summed E-state index contributed by atoms with van der Waals surface area (Å²) in [6.07, 6.45) is 0.630. The molecule has 0 radical (unpaired) electrons. The van der Waals surface area contributed by atoms with Crippen molar-refractivity contribution in [3.8, 4) is 6.07 Å². The smallest absolute Gasteiger partial charge is 0.338 e. The van der Waals surface area contributed by atoms with E-state index in [0.717, 1.165) is 11.1 Å². The molecule has 1 aromatic heterocycles. The average molecular weight is 296 g/mol. The fourth-order valence-corrected chi connectivity index (χ4v) is 2.06. The molecule has 0 saturated heterocycles. The third-order valence-electron chi connectivity index (χ3n) is 3.35. The van der Waals surface area contributed by atoms with E-state index < -0.39 is 5.97 Å². The van der Waals surface area contributed by atoms with E-state index in [1.165, 1.54) is 6.07 Å². The minimum Gasteiger partial charge on any atom is -0.457 e. The predicted octanol–water partition coefficient (Wildman–Crippen LogP) is 2.47. The van der Waals surface area contributed by atoms with Crippen molar-refractivity contribution >= 4 is 5.97 Å². The lowest BCUT2D eigenvalue weighted by molar-refractivity contribution is 0.0471. The second-order valence-electron chi connectivity index (χ2n) is 4.94. The van der Waals surface area contributed by atoms with Crippen LogP contribution < -0.4 is 5.56 Å². The second kappa shape index (κ2) is 6.72. The molecule has 0 fully saturated rings. The van der Waals surface area contributed by atoms with Crippen molar-refractivity contribution in [2.75, 3.05) is 0 Å². The van der Waals surface area contributed by atoms with E-state index in [0.29, 0.717) is 17.7 Å². The average Bonchev–Trinajstić information content (AvgIpc) is 2.52. The Hall–Kier alpha value is -2.87. The zero-order chi connectivity index (χ0) is 16.1. The van der Waals surface area contributed by atoms with Crippen molar-refractivity contribution in [1.29, 1.82) is 5.26 Å². The topological polar surface area (TPSA) is 82.9 Å². The molecule has 112 valence electrons. The van der Waals surface area contributed by atoms with Crippen molar-refractivity contribution in [1.82, 2.24) is 4.98 Å². The minimum atomic E-state index is -0.537. The number of aromatic amines is 1. The number of nitrogens with zero attached hydrogens (tertiary/aromatic N) is 1. The van der Waals surface area contributed by atoms with Crippen molar-refractivity contribution in [3.05, 3.63) is 68.6 Å². The summed E-state index contributed by atoms with van der Waals surface area (Å²) in [4.78, 5) is 26.2. The van der Waals surface area contributed by atoms with E-state index in [1.54, 1.807) is 24.3 Å². The maximum atomic E-state index is 12.0. The molecule has 0 aliphatic heterocycles. The van der Waals surface area contributed by atoms with Crippen molar-refractivity contribution in [3.63, 3.8) is 0 Å². The zero-order valence-corrected chi connectivity index (χ0v) is 12.5. The Morgan fingerprint density at radius 1 is 1.32 bits per heavy atom. The number of esters is 1. The number of H-pyrrole nitrogens is 1. The SMILES string of the molecule is CCc1cc(C(=O)OCc2ccc(C#N)cc2C)cc(=O)[nH]1. The lowest BCUT2D eigenvalue weighted by atomic mass is 10.1. The summed E-state index contributed by atoms with van der Waals surface area (Å²) in [6, 6.07) is 10.1. The monoisotopic (exact) mass is 296 g/mol. The maximum Gasteiger partial charge on any atom is 0.338 e. The van der Waals surface area contributed by atoms with Gasteiger partial charge in [0.25, 0.3) is 0 Å². The van der Waals surface area contributed by atoms with Gasteiger partial charge < -0.3 is 9.72 Å². The molecule has 0 spiro atoms. The maximum absolute atomic E-state index is 12.0. The lowest BCUT2D eigenvalue weighted by Gasteiger charge is -2.08. The van der Waals surface area contributed by atoms with E-state index in [-0.39, 0.29) is 17.7 Å². The number of nitriles is 1. The van der Waals surface area contributed by atoms with Crippen LogP contribution in [0.2, 0.25) is 0 Å². The number of hydrogen-bond donors (Lipinski definition) is 1. The van der Waals surface area contributed by atoms with Crippen molar-refractivity contribution in [2.24, 2.45) is 0 Å². The molecule has 1 aromatic carbocycles. The molecule has 0 aliphatic rings. The van der Waals surface area contributed by atoms with Gasteiger partial charge in [-0.1, -0.05) is 13.0 Å². The first-order valence-electron chi connectivity index (χ1n) is 6.93. The van der Waals surface area contributed by atoms with Crippen LogP contribution in [-0.4, -0.2) is 11.0 Å². The molecule has 0 unspecified atom stereocenters. The van der Waals surface area contributed by atoms with Crippen LogP contribution in [0.3, 0.4) is 0 Å². The van der Waals surface area contributed by atoms with E-state index in [9.17, 15) is 9.59 Å². The van der Waals surface area contributed by atoms with E-state index in [4.69, 9.17) is 10.00 Å². The summed E-state index contributed by atoms with van der Waals surface area (Å²) in [5, 5.41) is 8.83. The third-order valence-corrected chi connectivity index (χ3v) is 3.35. The normalized spacial score (nSPS) is 10.0. The van der Waals surface area contributed by atoms with Gasteiger partial charge in [0.15, 0.2) is 0 Å². The highest BCUT2D eigenvalue weighted by atomic mass is 16.5. The number of ether oxygens (including phenoxy) is 1. The van der Waals surface area contributed by atoms with E-state index in [2.05, 4.69) is 11.1 Å². The highest BCUT2D eigenvalue weighted by molar-refractivity contribution is 5.89. The highest BCUT2D eigenvalue weighted by Crippen LogP contribution is 2.13. The third kappa shape index (κ3) is 3.61. The Kier molecular flexibility index (Phi) is 4.74. The molecular formula is C17H16N2O3. The quantitative estimate of drug-likeness (QED) is 0.879. The van der Waals surface area contributed by atoms with Crippen LogP contribution in [0.4, 0.5) is 0 Å². The number of pyridine rings is 1. The van der Waals surface area contributed by atoms with Crippen molar-refractivity contribution in [2.45, 2.75) is 26.9 Å². The van der Waals surface area contributed by atoms with Crippen LogP contribution in [0.5, 0.6) is 0 Å². The molecule has 1 N–H and O–H groups in total. The Bertz CT molecular complexity index is 800. The van der Waals surface area contributed by atoms with Gasteiger partial charge in [-0.15, -0.1) is 0 Å². The van der Waals surface area contributed by atoms with Crippen LogP contribution in [0.25, 0.3) is 0 Å². The molecule has 0 saturated carbocycles. The molecular weight excluding hydrogens is 280 g/mol. The Morgan fingerprint density at radius 2 is 2.09 bits per heavy atom. The summed E-state index contributed by atoms with van der Waals surface area (Å²) in [5.41, 5.74) is 2.89. The van der Waals surface area contributed by atoms with E-state index in [1.807, 2.05) is 13.8 Å². The summed E-state index contributed by atoms with van der Waals surface area (Å²) < 4.78 is 5.25. The number of aryl methyl sites for hydroxylation is 2. The number of hydrogen-bond acceptors (Lipinski definition) is 4. The molecule has 0 amide bonds. The van der Waals surface area contributed by atoms with Crippen LogP contribution >= 0.6 is 0 Å². The molecule has 2 rings (SSSR count). The number of aromatic nitrogens is 1. The molecule has 5 nitrogen and oxygen atoms in total. The number of carbonyl (C=O) groups is 1. The number of benzene rings is 1. The number of nitrogens with one attached hydrogen (secondary N) is 1. The molecule has 0 atom stereocenters. The van der Waals surface area contributed by atoms with Crippen LogP contribution in [0.1, 0.15) is 39.7 Å². The Labute approximate surface area is 128 Å². The van der Waals surface area contributed by atoms with Gasteiger partial charge in [0.1, 0.15) is 6.61 Å². The molecule has 22 heavy (non-hydrogen) atoms. The number of rotatable bonds is 4. The first kappa shape index (κ1) is 15.5. The summed E-state index contributed by atoms with van der Waals surface area (Å²) in [5.74, 6) is -0.537. The summed E-state index contributed by atoms with van der Waals surface area (Å²) >= 11 is 0. The van der Waals surface area contributed by atoms with Crippen LogP contribution in [-0.2, 0) is 17.8 Å². The fraction of sp³-hybridized carbons (Fsp3) is 0.235. The van der Waals surface area contributed by atoms with Gasteiger partial charge >= 0.3 is 5.97 Å². The first-order chi connectivity index (χ1) is 10.5. The minimum absolute atomic E-state index is 0.102. The largest absolute Gasteiger partial charge is 0.457 e.